The number of hydrogen-bond donors (Lipinski definition) is 1. The van der Waals surface area contributed by atoms with E-state index in [-0.39, 0.29) is 11.9 Å². The van der Waals surface area contributed by atoms with E-state index in [4.69, 9.17) is 9.47 Å². The van der Waals surface area contributed by atoms with E-state index >= 15 is 0 Å². The maximum Gasteiger partial charge on any atom is 0.414 e. The van der Waals surface area contributed by atoms with Crippen LogP contribution in [0, 0.1) is 5.82 Å². The fourth-order valence-corrected chi connectivity index (χ4v) is 2.87. The molecule has 1 amide bonds. The van der Waals surface area contributed by atoms with Crippen LogP contribution in [0.5, 0.6) is 0 Å². The lowest BCUT2D eigenvalue weighted by molar-refractivity contribution is 0.122. The number of ether oxygens (including phenoxy) is 2. The number of anilines is 2. The van der Waals surface area contributed by atoms with Crippen LogP contribution in [0.2, 0.25) is 0 Å². The Hall–Kier alpha value is -1.86. The predicted molar refractivity (Wildman–Crippen MR) is 85.6 cm³/mol. The summed E-state index contributed by atoms with van der Waals surface area (Å²) in [5.41, 5.74) is 1.08. The molecule has 1 aromatic rings. The smallest absolute Gasteiger partial charge is 0.414 e. The van der Waals surface area contributed by atoms with Crippen molar-refractivity contribution >= 4 is 17.5 Å². The molecule has 1 aromatic carbocycles. The summed E-state index contributed by atoms with van der Waals surface area (Å²) >= 11 is 0. The van der Waals surface area contributed by atoms with Gasteiger partial charge in [-0.25, -0.2) is 9.18 Å². The van der Waals surface area contributed by atoms with E-state index in [9.17, 15) is 9.18 Å². The van der Waals surface area contributed by atoms with E-state index in [1.54, 1.807) is 12.1 Å². The fourth-order valence-electron chi connectivity index (χ4n) is 2.87. The molecule has 23 heavy (non-hydrogen) atoms. The zero-order chi connectivity index (χ0) is 16.2. The number of likely N-dealkylation sites (N-methyl/N-ethyl adjacent to an activating group) is 1. The summed E-state index contributed by atoms with van der Waals surface area (Å²) in [7, 11) is 0. The molecule has 7 heteroatoms. The topological polar surface area (TPSA) is 54.0 Å². The van der Waals surface area contributed by atoms with Crippen molar-refractivity contribution in [3.05, 3.63) is 24.0 Å². The largest absolute Gasteiger partial charge is 0.443 e. The highest BCUT2D eigenvalue weighted by atomic mass is 19.1. The molecule has 6 nitrogen and oxygen atoms in total. The van der Waals surface area contributed by atoms with E-state index in [1.165, 1.54) is 11.0 Å². The second kappa shape index (κ2) is 7.14. The molecule has 126 valence electrons. The molecule has 1 unspecified atom stereocenters. The molecule has 0 saturated carbocycles. The summed E-state index contributed by atoms with van der Waals surface area (Å²) in [5, 5.41) is 3.15. The van der Waals surface area contributed by atoms with Crippen LogP contribution in [0.1, 0.15) is 6.92 Å². The molecule has 1 N–H and O–H groups in total. The van der Waals surface area contributed by atoms with Crippen molar-refractivity contribution < 1.29 is 18.7 Å². The monoisotopic (exact) mass is 323 g/mol. The van der Waals surface area contributed by atoms with Gasteiger partial charge < -0.3 is 19.7 Å². The summed E-state index contributed by atoms with van der Waals surface area (Å²) in [6.45, 7) is 6.40. The number of nitrogens with zero attached hydrogens (tertiary/aromatic N) is 2. The van der Waals surface area contributed by atoms with Gasteiger partial charge in [-0.15, -0.1) is 0 Å². The van der Waals surface area contributed by atoms with Crippen molar-refractivity contribution in [2.24, 2.45) is 0 Å². The van der Waals surface area contributed by atoms with Crippen molar-refractivity contribution in [1.29, 1.82) is 0 Å². The summed E-state index contributed by atoms with van der Waals surface area (Å²) in [6, 6.07) is 4.90. The van der Waals surface area contributed by atoms with Gasteiger partial charge in [0.05, 0.1) is 31.1 Å². The second-order valence-corrected chi connectivity index (χ2v) is 5.66. The Kier molecular flexibility index (Phi) is 4.97. The zero-order valence-corrected chi connectivity index (χ0v) is 13.3. The summed E-state index contributed by atoms with van der Waals surface area (Å²) in [6.07, 6.45) is -0.629. The standard InChI is InChI=1S/C16H22FN3O3/c1-2-18-10-13-11-20(16(21)23-13)12-3-4-15(14(17)9-12)19-5-7-22-8-6-19/h3-4,9,13,18H,2,5-8,10-11H2,1H3. The molecule has 0 spiro atoms. The molecule has 1 atom stereocenters. The van der Waals surface area contributed by atoms with Gasteiger partial charge in [-0.1, -0.05) is 6.92 Å². The highest BCUT2D eigenvalue weighted by molar-refractivity contribution is 5.90. The average Bonchev–Trinajstić information content (AvgIpc) is 2.94. The highest BCUT2D eigenvalue weighted by Crippen LogP contribution is 2.28. The first kappa shape index (κ1) is 16.0. The number of rotatable bonds is 5. The lowest BCUT2D eigenvalue weighted by atomic mass is 10.2. The molecular weight excluding hydrogens is 301 g/mol. The predicted octanol–water partition coefficient (Wildman–Crippen LogP) is 1.60. The van der Waals surface area contributed by atoms with Gasteiger partial charge in [0.25, 0.3) is 0 Å². The fraction of sp³-hybridized carbons (Fsp3) is 0.562. The molecule has 0 aromatic heterocycles. The number of morpholine rings is 1. The minimum Gasteiger partial charge on any atom is -0.443 e. The first-order valence-electron chi connectivity index (χ1n) is 8.00. The Balaban J connectivity index is 1.71. The van der Waals surface area contributed by atoms with Crippen LogP contribution in [-0.4, -0.2) is 58.1 Å². The van der Waals surface area contributed by atoms with Gasteiger partial charge in [-0.05, 0) is 24.7 Å². The molecule has 2 aliphatic heterocycles. The molecule has 2 aliphatic rings. The average molecular weight is 323 g/mol. The van der Waals surface area contributed by atoms with Crippen LogP contribution in [0.3, 0.4) is 0 Å². The Morgan fingerprint density at radius 2 is 2.13 bits per heavy atom. The molecule has 3 rings (SSSR count). The van der Waals surface area contributed by atoms with Crippen molar-refractivity contribution in [2.75, 3.05) is 55.7 Å². The molecule has 0 aliphatic carbocycles. The van der Waals surface area contributed by atoms with Crippen LogP contribution in [-0.2, 0) is 9.47 Å². The molecule has 0 radical (unpaired) electrons. The van der Waals surface area contributed by atoms with Crippen LogP contribution in [0.15, 0.2) is 18.2 Å². The Morgan fingerprint density at radius 3 is 2.83 bits per heavy atom. The normalized spacial score (nSPS) is 21.7. The van der Waals surface area contributed by atoms with E-state index < -0.39 is 6.09 Å². The number of amides is 1. The molecular formula is C16H22FN3O3. The van der Waals surface area contributed by atoms with Gasteiger partial charge in [-0.3, -0.25) is 4.90 Å². The minimum atomic E-state index is -0.425. The van der Waals surface area contributed by atoms with Crippen molar-refractivity contribution in [3.8, 4) is 0 Å². The van der Waals surface area contributed by atoms with Gasteiger partial charge in [0.1, 0.15) is 11.9 Å². The molecule has 0 bridgehead atoms. The van der Waals surface area contributed by atoms with Gasteiger partial charge >= 0.3 is 6.09 Å². The van der Waals surface area contributed by atoms with E-state index in [0.29, 0.717) is 50.8 Å². The highest BCUT2D eigenvalue weighted by Gasteiger charge is 2.32. The van der Waals surface area contributed by atoms with Gasteiger partial charge in [-0.2, -0.15) is 0 Å². The van der Waals surface area contributed by atoms with Crippen molar-refractivity contribution in [2.45, 2.75) is 13.0 Å². The van der Waals surface area contributed by atoms with E-state index in [1.807, 2.05) is 11.8 Å². The summed E-state index contributed by atoms with van der Waals surface area (Å²) < 4.78 is 25.0. The zero-order valence-electron chi connectivity index (χ0n) is 13.3. The van der Waals surface area contributed by atoms with Gasteiger partial charge in [0.2, 0.25) is 0 Å². The third kappa shape index (κ3) is 3.56. The number of carbonyl (C=O) groups is 1. The van der Waals surface area contributed by atoms with E-state index in [0.717, 1.165) is 6.54 Å². The Bertz CT molecular complexity index is 564. The minimum absolute atomic E-state index is 0.204. The summed E-state index contributed by atoms with van der Waals surface area (Å²) in [5.74, 6) is -0.327. The summed E-state index contributed by atoms with van der Waals surface area (Å²) in [4.78, 5) is 15.4. The molecule has 2 saturated heterocycles. The van der Waals surface area contributed by atoms with Crippen LogP contribution >= 0.6 is 0 Å². The number of benzene rings is 1. The SMILES string of the molecule is CCNCC1CN(c2ccc(N3CCOCC3)c(F)c2)C(=O)O1. The Labute approximate surface area is 135 Å². The molecule has 2 heterocycles. The second-order valence-electron chi connectivity index (χ2n) is 5.66. The number of halogens is 1. The quantitative estimate of drug-likeness (QED) is 0.892. The third-order valence-corrected chi connectivity index (χ3v) is 4.09. The van der Waals surface area contributed by atoms with Crippen molar-refractivity contribution in [1.82, 2.24) is 5.32 Å². The molecule has 2 fully saturated rings. The maximum absolute atomic E-state index is 14.4. The van der Waals surface area contributed by atoms with Crippen LogP contribution < -0.4 is 15.1 Å². The number of hydrogen-bond acceptors (Lipinski definition) is 5. The Morgan fingerprint density at radius 1 is 1.35 bits per heavy atom. The van der Waals surface area contributed by atoms with Crippen LogP contribution in [0.25, 0.3) is 0 Å². The number of nitrogens with one attached hydrogen (secondary N) is 1. The van der Waals surface area contributed by atoms with Gasteiger partial charge in [0.15, 0.2) is 0 Å². The van der Waals surface area contributed by atoms with Gasteiger partial charge in [0, 0.05) is 19.6 Å². The van der Waals surface area contributed by atoms with Crippen LogP contribution in [0.4, 0.5) is 20.6 Å². The lowest BCUT2D eigenvalue weighted by Crippen LogP contribution is -2.36. The van der Waals surface area contributed by atoms with Crippen molar-refractivity contribution in [3.63, 3.8) is 0 Å². The maximum atomic E-state index is 14.4. The first-order valence-corrected chi connectivity index (χ1v) is 8.00. The number of carbonyl (C=O) groups excluding carboxylic acids is 1. The first-order chi connectivity index (χ1) is 11.2. The third-order valence-electron chi connectivity index (χ3n) is 4.09. The van der Waals surface area contributed by atoms with E-state index in [2.05, 4.69) is 5.32 Å². The lowest BCUT2D eigenvalue weighted by Gasteiger charge is -2.29. The number of cyclic esters (lactones) is 1.